The molecule has 2 aromatic heterocycles. The predicted molar refractivity (Wildman–Crippen MR) is 124 cm³/mol. The van der Waals surface area contributed by atoms with Crippen LogP contribution in [0.1, 0.15) is 35.5 Å². The van der Waals surface area contributed by atoms with Crippen LogP contribution in [0.4, 0.5) is 0 Å². The van der Waals surface area contributed by atoms with E-state index in [0.717, 1.165) is 54.7 Å². The number of hydrogen-bond acceptors (Lipinski definition) is 4. The molecule has 7 nitrogen and oxygen atoms in total. The van der Waals surface area contributed by atoms with E-state index in [-0.39, 0.29) is 12.3 Å². The first-order valence-corrected chi connectivity index (χ1v) is 11.3. The number of aliphatic hydroxyl groups excluding tert-OH is 2. The molecule has 0 saturated carbocycles. The van der Waals surface area contributed by atoms with E-state index in [1.807, 2.05) is 49.4 Å². The van der Waals surface area contributed by atoms with Crippen molar-refractivity contribution in [2.75, 3.05) is 0 Å². The Labute approximate surface area is 187 Å². The van der Waals surface area contributed by atoms with Gasteiger partial charge in [0.15, 0.2) is 5.72 Å². The SMILES string of the molecule is C[C@@]12O[C@H](C[C@@H](O)[C@H]1O)n1c3ccccc3c3c4c(c5c6ccccc6n2c5c31)CNC4=O. The summed E-state index contributed by atoms with van der Waals surface area (Å²) >= 11 is 0. The largest absolute Gasteiger partial charge is 0.390 e. The summed E-state index contributed by atoms with van der Waals surface area (Å²) in [7, 11) is 0. The quantitative estimate of drug-likeness (QED) is 0.345. The number of ether oxygens (including phenoxy) is 1. The first kappa shape index (κ1) is 18.1. The highest BCUT2D eigenvalue weighted by Crippen LogP contribution is 2.53. The molecule has 5 heterocycles. The standard InChI is InChI=1S/C26H21N3O4/c1-26-24(31)17(30)10-18(33-26)28-15-8-4-2-6-12(15)20-21-14(11-27-25(21)32)19-13-7-3-5-9-16(13)29(26)23(19)22(20)28/h2-9,17-18,24,30-31H,10-11H2,1H3,(H,27,32)/t17-,18-,24-,26-/m1/s1. The average Bonchev–Trinajstić information content (AvgIpc) is 3.45. The van der Waals surface area contributed by atoms with Crippen molar-refractivity contribution in [1.29, 1.82) is 0 Å². The molecular weight excluding hydrogens is 418 g/mol. The number of para-hydroxylation sites is 2. The number of rotatable bonds is 0. The zero-order chi connectivity index (χ0) is 22.2. The van der Waals surface area contributed by atoms with Gasteiger partial charge in [-0.15, -0.1) is 0 Å². The second-order valence-corrected chi connectivity index (χ2v) is 9.60. The predicted octanol–water partition coefficient (Wildman–Crippen LogP) is 3.47. The Morgan fingerprint density at radius 1 is 1.00 bits per heavy atom. The summed E-state index contributed by atoms with van der Waals surface area (Å²) in [5, 5.41) is 29.2. The van der Waals surface area contributed by atoms with E-state index in [1.165, 1.54) is 0 Å². The normalized spacial score (nSPS) is 28.2. The van der Waals surface area contributed by atoms with Gasteiger partial charge < -0.3 is 29.4 Å². The van der Waals surface area contributed by atoms with Crippen LogP contribution in [-0.2, 0) is 17.0 Å². The average molecular weight is 439 g/mol. The van der Waals surface area contributed by atoms with Crippen LogP contribution in [0.5, 0.6) is 0 Å². The van der Waals surface area contributed by atoms with Crippen molar-refractivity contribution < 1.29 is 19.7 Å². The minimum atomic E-state index is -1.18. The molecule has 7 heteroatoms. The monoisotopic (exact) mass is 439 g/mol. The highest BCUT2D eigenvalue weighted by atomic mass is 16.6. The summed E-state index contributed by atoms with van der Waals surface area (Å²) in [5.41, 5.74) is 4.25. The Kier molecular flexibility index (Phi) is 3.05. The van der Waals surface area contributed by atoms with Crippen LogP contribution in [0.15, 0.2) is 48.5 Å². The fraction of sp³-hybridized carbons (Fsp3) is 0.269. The molecule has 164 valence electrons. The Morgan fingerprint density at radius 3 is 2.48 bits per heavy atom. The lowest BCUT2D eigenvalue weighted by molar-refractivity contribution is -0.272. The maximum atomic E-state index is 13.2. The number of aliphatic hydroxyl groups is 2. The first-order valence-electron chi connectivity index (χ1n) is 11.3. The lowest BCUT2D eigenvalue weighted by Gasteiger charge is -2.45. The molecule has 4 atom stereocenters. The van der Waals surface area contributed by atoms with Gasteiger partial charge in [-0.1, -0.05) is 36.4 Å². The molecule has 3 aliphatic rings. The Balaban J connectivity index is 1.77. The van der Waals surface area contributed by atoms with E-state index in [1.54, 1.807) is 0 Å². The molecule has 0 unspecified atom stereocenters. The van der Waals surface area contributed by atoms with E-state index in [9.17, 15) is 15.0 Å². The van der Waals surface area contributed by atoms with Gasteiger partial charge in [0.1, 0.15) is 12.3 Å². The van der Waals surface area contributed by atoms with Crippen molar-refractivity contribution in [1.82, 2.24) is 14.5 Å². The molecule has 1 amide bonds. The summed E-state index contributed by atoms with van der Waals surface area (Å²) in [6.07, 6.45) is -2.28. The molecule has 2 bridgehead atoms. The van der Waals surface area contributed by atoms with Gasteiger partial charge in [-0.05, 0) is 24.6 Å². The van der Waals surface area contributed by atoms with Gasteiger partial charge in [-0.25, -0.2) is 0 Å². The molecule has 3 N–H and O–H groups in total. The summed E-state index contributed by atoms with van der Waals surface area (Å²) < 4.78 is 10.9. The van der Waals surface area contributed by atoms with Gasteiger partial charge in [0.25, 0.3) is 5.91 Å². The third-order valence-electron chi connectivity index (χ3n) is 7.98. The molecular formula is C26H21N3O4. The number of benzene rings is 3. The number of amides is 1. The van der Waals surface area contributed by atoms with Crippen LogP contribution in [0, 0.1) is 0 Å². The van der Waals surface area contributed by atoms with Crippen molar-refractivity contribution in [3.63, 3.8) is 0 Å². The highest BCUT2D eigenvalue weighted by molar-refractivity contribution is 6.31. The fourth-order valence-electron chi connectivity index (χ4n) is 6.67. The van der Waals surface area contributed by atoms with Gasteiger partial charge >= 0.3 is 0 Å². The van der Waals surface area contributed by atoms with Crippen molar-refractivity contribution >= 4 is 49.5 Å². The van der Waals surface area contributed by atoms with Gasteiger partial charge in [-0.3, -0.25) is 4.79 Å². The number of fused-ring (bicyclic) bond motifs is 13. The van der Waals surface area contributed by atoms with Crippen LogP contribution in [0.2, 0.25) is 0 Å². The van der Waals surface area contributed by atoms with Gasteiger partial charge in [0, 0.05) is 34.5 Å². The highest BCUT2D eigenvalue weighted by Gasteiger charge is 2.52. The summed E-state index contributed by atoms with van der Waals surface area (Å²) in [4.78, 5) is 13.2. The molecule has 1 saturated heterocycles. The zero-order valence-electron chi connectivity index (χ0n) is 17.9. The number of carbonyl (C=O) groups is 1. The van der Waals surface area contributed by atoms with Crippen molar-refractivity contribution in [2.45, 2.75) is 44.1 Å². The van der Waals surface area contributed by atoms with Crippen molar-refractivity contribution in [3.8, 4) is 0 Å². The third kappa shape index (κ3) is 1.85. The minimum absolute atomic E-state index is 0.0638. The first-order chi connectivity index (χ1) is 16.0. The van der Waals surface area contributed by atoms with Crippen LogP contribution in [0.25, 0.3) is 43.6 Å². The molecule has 3 aliphatic heterocycles. The third-order valence-corrected chi connectivity index (χ3v) is 7.98. The number of aromatic nitrogens is 2. The smallest absolute Gasteiger partial charge is 0.252 e. The fourth-order valence-corrected chi connectivity index (χ4v) is 6.67. The zero-order valence-corrected chi connectivity index (χ0v) is 17.9. The molecule has 0 spiro atoms. The van der Waals surface area contributed by atoms with E-state index >= 15 is 0 Å². The van der Waals surface area contributed by atoms with Crippen LogP contribution in [0.3, 0.4) is 0 Å². The van der Waals surface area contributed by atoms with Crippen molar-refractivity contribution in [2.24, 2.45) is 0 Å². The second-order valence-electron chi connectivity index (χ2n) is 9.60. The molecule has 1 fully saturated rings. The number of carbonyl (C=O) groups excluding carboxylic acids is 1. The molecule has 5 aromatic rings. The van der Waals surface area contributed by atoms with Gasteiger partial charge in [0.2, 0.25) is 0 Å². The van der Waals surface area contributed by atoms with E-state index in [2.05, 4.69) is 20.5 Å². The Bertz CT molecular complexity index is 1710. The minimum Gasteiger partial charge on any atom is -0.390 e. The number of nitrogens with one attached hydrogen (secondary N) is 1. The molecule has 8 rings (SSSR count). The number of hydrogen-bond donors (Lipinski definition) is 3. The van der Waals surface area contributed by atoms with Crippen LogP contribution in [-0.4, -0.2) is 37.5 Å². The van der Waals surface area contributed by atoms with E-state index in [0.29, 0.717) is 6.54 Å². The molecule has 0 aliphatic carbocycles. The maximum Gasteiger partial charge on any atom is 0.252 e. The van der Waals surface area contributed by atoms with Gasteiger partial charge in [0.05, 0.1) is 33.7 Å². The number of nitrogens with zero attached hydrogens (tertiary/aromatic N) is 2. The molecule has 33 heavy (non-hydrogen) atoms. The Morgan fingerprint density at radius 2 is 1.70 bits per heavy atom. The summed E-state index contributed by atoms with van der Waals surface area (Å²) in [6, 6.07) is 16.1. The lowest BCUT2D eigenvalue weighted by Crippen LogP contribution is -2.55. The van der Waals surface area contributed by atoms with Crippen LogP contribution >= 0.6 is 0 Å². The van der Waals surface area contributed by atoms with E-state index < -0.39 is 24.2 Å². The van der Waals surface area contributed by atoms with E-state index in [4.69, 9.17) is 4.74 Å². The molecule has 0 radical (unpaired) electrons. The van der Waals surface area contributed by atoms with Gasteiger partial charge in [-0.2, -0.15) is 0 Å². The maximum absolute atomic E-state index is 13.2. The van der Waals surface area contributed by atoms with Crippen LogP contribution < -0.4 is 5.32 Å². The van der Waals surface area contributed by atoms with Crippen molar-refractivity contribution in [3.05, 3.63) is 59.7 Å². The summed E-state index contributed by atoms with van der Waals surface area (Å²) in [5.74, 6) is -0.0638. The summed E-state index contributed by atoms with van der Waals surface area (Å²) in [6.45, 7) is 2.32. The Hall–Kier alpha value is -3.39. The topological polar surface area (TPSA) is 88.7 Å². The second kappa shape index (κ2) is 5.56. The lowest BCUT2D eigenvalue weighted by atomic mass is 9.95. The molecule has 3 aromatic carbocycles.